The zero-order valence-electron chi connectivity index (χ0n) is 14.8. The number of rotatable bonds is 6. The van der Waals surface area contributed by atoms with E-state index in [1.54, 1.807) is 0 Å². The van der Waals surface area contributed by atoms with Gasteiger partial charge in [-0.3, -0.25) is 0 Å². The third-order valence-corrected chi connectivity index (χ3v) is 4.80. The highest BCUT2D eigenvalue weighted by Gasteiger charge is 2.43. The number of hydrogen-bond donors (Lipinski definition) is 2. The molecule has 0 spiro atoms. The largest absolute Gasteiger partial charge is 0.416 e. The van der Waals surface area contributed by atoms with Gasteiger partial charge in [0.15, 0.2) is 0 Å². The first-order chi connectivity index (χ1) is 12.8. The highest BCUT2D eigenvalue weighted by Crippen LogP contribution is 2.51. The highest BCUT2D eigenvalue weighted by atomic mass is 19.4. The van der Waals surface area contributed by atoms with Crippen LogP contribution in [0.4, 0.5) is 23.7 Å². The van der Waals surface area contributed by atoms with E-state index >= 15 is 0 Å². The van der Waals surface area contributed by atoms with Crippen molar-refractivity contribution in [3.05, 3.63) is 72.3 Å². The minimum atomic E-state index is -4.44. The van der Waals surface area contributed by atoms with Crippen LogP contribution in [0.1, 0.15) is 30.4 Å². The summed E-state index contributed by atoms with van der Waals surface area (Å²) in [6, 6.07) is 14.0. The Bertz CT molecular complexity index is 827. The van der Waals surface area contributed by atoms with Crippen LogP contribution >= 0.6 is 0 Å². The van der Waals surface area contributed by atoms with Crippen LogP contribution < -0.4 is 10.6 Å². The molecule has 0 heterocycles. The number of amides is 2. The van der Waals surface area contributed by atoms with Gasteiger partial charge in [0.05, 0.1) is 5.56 Å². The lowest BCUT2D eigenvalue weighted by Crippen LogP contribution is -2.34. The van der Waals surface area contributed by atoms with Gasteiger partial charge in [-0.15, -0.1) is 0 Å². The van der Waals surface area contributed by atoms with Crippen LogP contribution in [0.2, 0.25) is 0 Å². The van der Waals surface area contributed by atoms with Crippen LogP contribution in [0.5, 0.6) is 0 Å². The summed E-state index contributed by atoms with van der Waals surface area (Å²) in [6.45, 7) is 4.60. The number of halogens is 3. The van der Waals surface area contributed by atoms with Gasteiger partial charge in [-0.25, -0.2) is 4.79 Å². The number of allylic oxidation sites excluding steroid dienone is 1. The molecule has 2 amide bonds. The number of urea groups is 1. The van der Waals surface area contributed by atoms with Crippen molar-refractivity contribution >= 4 is 17.3 Å². The van der Waals surface area contributed by atoms with E-state index in [4.69, 9.17) is 0 Å². The lowest BCUT2D eigenvalue weighted by atomic mass is 9.93. The van der Waals surface area contributed by atoms with Gasteiger partial charge < -0.3 is 10.6 Å². The molecule has 3 rings (SSSR count). The molecular weight excluding hydrogens is 353 g/mol. The number of carbonyl (C=O) groups excluding carboxylic acids is 1. The van der Waals surface area contributed by atoms with E-state index in [0.29, 0.717) is 6.54 Å². The van der Waals surface area contributed by atoms with Crippen molar-refractivity contribution in [3.8, 4) is 0 Å². The van der Waals surface area contributed by atoms with E-state index in [0.717, 1.165) is 42.5 Å². The number of carbonyl (C=O) groups is 1. The lowest BCUT2D eigenvalue weighted by Gasteiger charge is -2.18. The third kappa shape index (κ3) is 5.12. The molecule has 3 nitrogen and oxygen atoms in total. The molecule has 1 fully saturated rings. The molecular formula is C21H21F3N2O. The predicted molar refractivity (Wildman–Crippen MR) is 100 cm³/mol. The van der Waals surface area contributed by atoms with Crippen molar-refractivity contribution in [3.63, 3.8) is 0 Å². The fraction of sp³-hybridized carbons (Fsp3) is 0.286. The quantitative estimate of drug-likeness (QED) is 0.668. The summed E-state index contributed by atoms with van der Waals surface area (Å²) in [5, 5.41) is 5.24. The molecule has 2 aromatic rings. The van der Waals surface area contributed by atoms with Crippen LogP contribution in [0.3, 0.4) is 0 Å². The fourth-order valence-corrected chi connectivity index (χ4v) is 3.04. The van der Waals surface area contributed by atoms with Crippen molar-refractivity contribution in [2.75, 3.05) is 11.9 Å². The van der Waals surface area contributed by atoms with Gasteiger partial charge in [0.1, 0.15) is 0 Å². The molecule has 0 saturated heterocycles. The maximum atomic E-state index is 12.7. The standard InChI is InChI=1S/C21H21F3N2O/c1-15(16-6-3-2-4-7-16)13-20(10-11-20)14-25-19(27)26-18-9-5-8-17(12-18)21(22,23)24/h2-9,12H,1,10-11,13-14H2,(H2,25,26,27). The maximum Gasteiger partial charge on any atom is 0.416 e. The topological polar surface area (TPSA) is 41.1 Å². The van der Waals surface area contributed by atoms with Crippen molar-refractivity contribution in [1.82, 2.24) is 5.32 Å². The molecule has 142 valence electrons. The second-order valence-electron chi connectivity index (χ2n) is 7.03. The van der Waals surface area contributed by atoms with Crippen LogP contribution in [0.25, 0.3) is 5.57 Å². The molecule has 0 bridgehead atoms. The number of alkyl halides is 3. The van der Waals surface area contributed by atoms with Crippen LogP contribution in [0, 0.1) is 5.41 Å². The average Bonchev–Trinajstić information content (AvgIpc) is 3.40. The van der Waals surface area contributed by atoms with Crippen LogP contribution in [-0.4, -0.2) is 12.6 Å². The second-order valence-corrected chi connectivity index (χ2v) is 7.03. The normalized spacial score (nSPS) is 15.1. The molecule has 6 heteroatoms. The van der Waals surface area contributed by atoms with Crippen molar-refractivity contribution in [2.24, 2.45) is 5.41 Å². The first-order valence-electron chi connectivity index (χ1n) is 8.73. The summed E-state index contributed by atoms with van der Waals surface area (Å²) < 4.78 is 38.2. The highest BCUT2D eigenvalue weighted by molar-refractivity contribution is 5.89. The van der Waals surface area contributed by atoms with E-state index < -0.39 is 17.8 Å². The van der Waals surface area contributed by atoms with Gasteiger partial charge in [-0.05, 0) is 54.0 Å². The molecule has 2 N–H and O–H groups in total. The molecule has 0 unspecified atom stereocenters. The Morgan fingerprint density at radius 3 is 2.41 bits per heavy atom. The molecule has 1 aliphatic carbocycles. The minimum absolute atomic E-state index is 0.0158. The van der Waals surface area contributed by atoms with Crippen molar-refractivity contribution in [1.29, 1.82) is 0 Å². The molecule has 0 aromatic heterocycles. The Morgan fingerprint density at radius 2 is 1.78 bits per heavy atom. The van der Waals surface area contributed by atoms with E-state index in [1.165, 1.54) is 12.1 Å². The Hall–Kier alpha value is -2.76. The summed E-state index contributed by atoms with van der Waals surface area (Å²) in [5.41, 5.74) is 1.40. The molecule has 0 aliphatic heterocycles. The van der Waals surface area contributed by atoms with Crippen molar-refractivity contribution < 1.29 is 18.0 Å². The van der Waals surface area contributed by atoms with Crippen LogP contribution in [-0.2, 0) is 6.18 Å². The second kappa shape index (κ2) is 7.47. The fourth-order valence-electron chi connectivity index (χ4n) is 3.04. The number of hydrogen-bond acceptors (Lipinski definition) is 1. The molecule has 2 aromatic carbocycles. The van der Waals surface area contributed by atoms with Gasteiger partial charge in [-0.1, -0.05) is 43.0 Å². The number of anilines is 1. The van der Waals surface area contributed by atoms with Gasteiger partial charge in [0, 0.05) is 12.2 Å². The van der Waals surface area contributed by atoms with Gasteiger partial charge in [0.2, 0.25) is 0 Å². The smallest absolute Gasteiger partial charge is 0.337 e. The summed E-state index contributed by atoms with van der Waals surface area (Å²) in [5.74, 6) is 0. The third-order valence-electron chi connectivity index (χ3n) is 4.80. The molecule has 27 heavy (non-hydrogen) atoms. The Kier molecular flexibility index (Phi) is 5.26. The van der Waals surface area contributed by atoms with Gasteiger partial charge >= 0.3 is 12.2 Å². The Balaban J connectivity index is 1.53. The maximum absolute atomic E-state index is 12.7. The summed E-state index contributed by atoms with van der Waals surface area (Å²) in [6.07, 6.45) is -1.68. The van der Waals surface area contributed by atoms with Crippen LogP contribution in [0.15, 0.2) is 61.2 Å². The summed E-state index contributed by atoms with van der Waals surface area (Å²) in [4.78, 5) is 12.1. The zero-order valence-corrected chi connectivity index (χ0v) is 14.8. The molecule has 1 saturated carbocycles. The Morgan fingerprint density at radius 1 is 1.07 bits per heavy atom. The zero-order chi connectivity index (χ0) is 19.5. The van der Waals surface area contributed by atoms with E-state index in [2.05, 4.69) is 17.2 Å². The Labute approximate surface area is 156 Å². The van der Waals surface area contributed by atoms with E-state index in [-0.39, 0.29) is 11.1 Å². The summed E-state index contributed by atoms with van der Waals surface area (Å²) >= 11 is 0. The van der Waals surface area contributed by atoms with E-state index in [1.807, 2.05) is 30.3 Å². The molecule has 0 radical (unpaired) electrons. The first kappa shape index (κ1) is 19.0. The van der Waals surface area contributed by atoms with Gasteiger partial charge in [0.25, 0.3) is 0 Å². The van der Waals surface area contributed by atoms with Crippen molar-refractivity contribution in [2.45, 2.75) is 25.4 Å². The molecule has 0 atom stereocenters. The van der Waals surface area contributed by atoms with E-state index in [9.17, 15) is 18.0 Å². The predicted octanol–water partition coefficient (Wildman–Crippen LogP) is 5.71. The number of benzene rings is 2. The monoisotopic (exact) mass is 374 g/mol. The first-order valence-corrected chi connectivity index (χ1v) is 8.73. The minimum Gasteiger partial charge on any atom is -0.337 e. The lowest BCUT2D eigenvalue weighted by molar-refractivity contribution is -0.137. The SMILES string of the molecule is C=C(CC1(CNC(=O)Nc2cccc(C(F)(F)F)c2)CC1)c1ccccc1. The number of nitrogens with one attached hydrogen (secondary N) is 2. The van der Waals surface area contributed by atoms with Gasteiger partial charge in [-0.2, -0.15) is 13.2 Å². The molecule has 1 aliphatic rings. The summed E-state index contributed by atoms with van der Waals surface area (Å²) in [7, 11) is 0. The average molecular weight is 374 g/mol.